The molecule has 0 aromatic carbocycles. The van der Waals surface area contributed by atoms with Gasteiger partial charge < -0.3 is 10.5 Å². The van der Waals surface area contributed by atoms with Gasteiger partial charge in [0.1, 0.15) is 5.82 Å². The second-order valence-electron chi connectivity index (χ2n) is 3.04. The molecule has 13 heavy (non-hydrogen) atoms. The number of aromatic nitrogens is 2. The van der Waals surface area contributed by atoms with Crippen LogP contribution in [0.5, 0.6) is 5.75 Å². The van der Waals surface area contributed by atoms with E-state index in [1.54, 1.807) is 12.4 Å². The van der Waals surface area contributed by atoms with Gasteiger partial charge in [-0.05, 0) is 20.4 Å². The quantitative estimate of drug-likeness (QED) is 0.745. The van der Waals surface area contributed by atoms with E-state index in [9.17, 15) is 0 Å². The third-order valence-corrected chi connectivity index (χ3v) is 1.42. The third-order valence-electron chi connectivity index (χ3n) is 1.42. The fraction of sp³-hybridized carbons (Fsp3) is 0.556. The van der Waals surface area contributed by atoms with Crippen LogP contribution < -0.4 is 10.5 Å². The Kier molecular flexibility index (Phi) is 3.64. The largest absolute Gasteiger partial charge is 0.488 e. The first-order chi connectivity index (χ1) is 6.22. The first-order valence-electron chi connectivity index (χ1n) is 4.40. The van der Waals surface area contributed by atoms with E-state index in [1.165, 1.54) is 0 Å². The lowest BCUT2D eigenvalue weighted by molar-refractivity contribution is 0.240. The van der Waals surface area contributed by atoms with E-state index in [-0.39, 0.29) is 6.10 Å². The molecule has 0 bridgehead atoms. The standard InChI is InChI=1S/C9H15N3O/c1-7(2)13-8-5-11-9(3-4-10)12-6-8/h5-7H,3-4,10H2,1-2H3. The lowest BCUT2D eigenvalue weighted by Gasteiger charge is -2.08. The molecule has 1 aromatic heterocycles. The normalized spacial score (nSPS) is 10.5. The molecular weight excluding hydrogens is 166 g/mol. The Labute approximate surface area is 78.1 Å². The molecule has 0 radical (unpaired) electrons. The number of nitrogens with zero attached hydrogens (tertiary/aromatic N) is 2. The molecule has 72 valence electrons. The number of ether oxygens (including phenoxy) is 1. The Hall–Kier alpha value is -1.16. The van der Waals surface area contributed by atoms with Crippen molar-refractivity contribution in [1.29, 1.82) is 0 Å². The molecule has 0 unspecified atom stereocenters. The molecule has 0 saturated heterocycles. The van der Waals surface area contributed by atoms with Crippen LogP contribution in [0.2, 0.25) is 0 Å². The molecule has 4 nitrogen and oxygen atoms in total. The molecule has 0 spiro atoms. The molecule has 1 heterocycles. The zero-order chi connectivity index (χ0) is 9.68. The molecule has 2 N–H and O–H groups in total. The molecule has 0 aliphatic rings. The average Bonchev–Trinajstić information content (AvgIpc) is 2.08. The Morgan fingerprint density at radius 2 is 2.00 bits per heavy atom. The van der Waals surface area contributed by atoms with Crippen LogP contribution >= 0.6 is 0 Å². The summed E-state index contributed by atoms with van der Waals surface area (Å²) in [5, 5.41) is 0. The second kappa shape index (κ2) is 4.77. The SMILES string of the molecule is CC(C)Oc1cnc(CCN)nc1. The van der Waals surface area contributed by atoms with Gasteiger partial charge >= 0.3 is 0 Å². The van der Waals surface area contributed by atoms with Crippen LogP contribution in [0.4, 0.5) is 0 Å². The van der Waals surface area contributed by atoms with Crippen molar-refractivity contribution in [2.75, 3.05) is 6.54 Å². The van der Waals surface area contributed by atoms with Crippen LogP contribution in [0, 0.1) is 0 Å². The summed E-state index contributed by atoms with van der Waals surface area (Å²) < 4.78 is 5.39. The molecular formula is C9H15N3O. The van der Waals surface area contributed by atoms with Crippen molar-refractivity contribution >= 4 is 0 Å². The van der Waals surface area contributed by atoms with Crippen molar-refractivity contribution in [2.24, 2.45) is 5.73 Å². The molecule has 0 fully saturated rings. The van der Waals surface area contributed by atoms with Crippen LogP contribution in [-0.4, -0.2) is 22.6 Å². The highest BCUT2D eigenvalue weighted by Gasteiger charge is 1.99. The lowest BCUT2D eigenvalue weighted by atomic mass is 10.4. The molecule has 0 saturated carbocycles. The van der Waals surface area contributed by atoms with Crippen LogP contribution in [0.25, 0.3) is 0 Å². The Balaban J connectivity index is 2.59. The van der Waals surface area contributed by atoms with Gasteiger partial charge in [-0.15, -0.1) is 0 Å². The number of rotatable bonds is 4. The van der Waals surface area contributed by atoms with Gasteiger partial charge in [0.15, 0.2) is 5.75 Å². The van der Waals surface area contributed by atoms with E-state index in [1.807, 2.05) is 13.8 Å². The number of hydrogen-bond donors (Lipinski definition) is 1. The highest BCUT2D eigenvalue weighted by molar-refractivity contribution is 5.12. The van der Waals surface area contributed by atoms with Gasteiger partial charge in [-0.2, -0.15) is 0 Å². The zero-order valence-corrected chi connectivity index (χ0v) is 8.03. The molecule has 1 aromatic rings. The van der Waals surface area contributed by atoms with Gasteiger partial charge in [-0.1, -0.05) is 0 Å². The summed E-state index contributed by atoms with van der Waals surface area (Å²) >= 11 is 0. The first kappa shape index (κ1) is 9.92. The Bertz CT molecular complexity index is 246. The highest BCUT2D eigenvalue weighted by atomic mass is 16.5. The molecule has 0 amide bonds. The predicted molar refractivity (Wildman–Crippen MR) is 50.6 cm³/mol. The highest BCUT2D eigenvalue weighted by Crippen LogP contribution is 2.08. The van der Waals surface area contributed by atoms with Gasteiger partial charge in [0.25, 0.3) is 0 Å². The number of hydrogen-bond acceptors (Lipinski definition) is 4. The van der Waals surface area contributed by atoms with E-state index in [4.69, 9.17) is 10.5 Å². The summed E-state index contributed by atoms with van der Waals surface area (Å²) in [6.07, 6.45) is 4.22. The fourth-order valence-electron chi connectivity index (χ4n) is 0.934. The van der Waals surface area contributed by atoms with Gasteiger partial charge in [0.05, 0.1) is 18.5 Å². The summed E-state index contributed by atoms with van der Waals surface area (Å²) in [6, 6.07) is 0. The maximum absolute atomic E-state index is 5.39. The second-order valence-corrected chi connectivity index (χ2v) is 3.04. The van der Waals surface area contributed by atoms with Gasteiger partial charge in [-0.3, -0.25) is 0 Å². The van der Waals surface area contributed by atoms with E-state index in [0.717, 1.165) is 5.82 Å². The van der Waals surface area contributed by atoms with Crippen molar-refractivity contribution in [2.45, 2.75) is 26.4 Å². The smallest absolute Gasteiger partial charge is 0.156 e. The molecule has 0 atom stereocenters. The maximum Gasteiger partial charge on any atom is 0.156 e. The average molecular weight is 181 g/mol. The van der Waals surface area contributed by atoms with Crippen LogP contribution in [-0.2, 0) is 6.42 Å². The van der Waals surface area contributed by atoms with E-state index in [2.05, 4.69) is 9.97 Å². The van der Waals surface area contributed by atoms with Crippen LogP contribution in [0.3, 0.4) is 0 Å². The van der Waals surface area contributed by atoms with Crippen molar-refractivity contribution in [3.8, 4) is 5.75 Å². The molecule has 4 heteroatoms. The van der Waals surface area contributed by atoms with Gasteiger partial charge in [-0.25, -0.2) is 9.97 Å². The van der Waals surface area contributed by atoms with E-state index < -0.39 is 0 Å². The third kappa shape index (κ3) is 3.38. The van der Waals surface area contributed by atoms with Crippen molar-refractivity contribution in [1.82, 2.24) is 9.97 Å². The van der Waals surface area contributed by atoms with Gasteiger partial charge in [0.2, 0.25) is 0 Å². The van der Waals surface area contributed by atoms with Crippen LogP contribution in [0.15, 0.2) is 12.4 Å². The van der Waals surface area contributed by atoms with Crippen molar-refractivity contribution in [3.63, 3.8) is 0 Å². The number of nitrogens with two attached hydrogens (primary N) is 1. The lowest BCUT2D eigenvalue weighted by Crippen LogP contribution is -2.09. The summed E-state index contributed by atoms with van der Waals surface area (Å²) in [6.45, 7) is 4.51. The topological polar surface area (TPSA) is 61.0 Å². The Morgan fingerprint density at radius 1 is 1.38 bits per heavy atom. The minimum absolute atomic E-state index is 0.156. The molecule has 0 aliphatic carbocycles. The zero-order valence-electron chi connectivity index (χ0n) is 8.03. The van der Waals surface area contributed by atoms with Gasteiger partial charge in [0, 0.05) is 6.42 Å². The minimum atomic E-state index is 0.156. The van der Waals surface area contributed by atoms with Crippen molar-refractivity contribution in [3.05, 3.63) is 18.2 Å². The fourth-order valence-corrected chi connectivity index (χ4v) is 0.934. The van der Waals surface area contributed by atoms with Crippen LogP contribution in [0.1, 0.15) is 19.7 Å². The predicted octanol–water partition coefficient (Wildman–Crippen LogP) is 0.765. The van der Waals surface area contributed by atoms with E-state index >= 15 is 0 Å². The monoisotopic (exact) mass is 181 g/mol. The summed E-state index contributed by atoms with van der Waals surface area (Å²) in [7, 11) is 0. The summed E-state index contributed by atoms with van der Waals surface area (Å²) in [4.78, 5) is 8.21. The maximum atomic E-state index is 5.39. The first-order valence-corrected chi connectivity index (χ1v) is 4.40. The minimum Gasteiger partial charge on any atom is -0.488 e. The Morgan fingerprint density at radius 3 is 2.46 bits per heavy atom. The molecule has 0 aliphatic heterocycles. The summed E-state index contributed by atoms with van der Waals surface area (Å²) in [5.41, 5.74) is 5.37. The summed E-state index contributed by atoms with van der Waals surface area (Å²) in [5.74, 6) is 1.47. The van der Waals surface area contributed by atoms with Crippen molar-refractivity contribution < 1.29 is 4.74 Å². The van der Waals surface area contributed by atoms with E-state index in [0.29, 0.717) is 18.7 Å². The molecule has 1 rings (SSSR count).